The molecule has 0 unspecified atom stereocenters. The topological polar surface area (TPSA) is 95.7 Å². The molecule has 0 aliphatic carbocycles. The minimum Gasteiger partial charge on any atom is -0.497 e. The van der Waals surface area contributed by atoms with Crippen molar-refractivity contribution in [2.75, 3.05) is 13.7 Å². The number of imidazole rings is 1. The van der Waals surface area contributed by atoms with Gasteiger partial charge in [-0.1, -0.05) is 0 Å². The molecule has 0 atom stereocenters. The van der Waals surface area contributed by atoms with Crippen molar-refractivity contribution in [3.63, 3.8) is 0 Å². The maximum absolute atomic E-state index is 12.3. The van der Waals surface area contributed by atoms with Gasteiger partial charge in [0.15, 0.2) is 0 Å². The summed E-state index contributed by atoms with van der Waals surface area (Å²) >= 11 is 0. The van der Waals surface area contributed by atoms with Crippen molar-refractivity contribution in [2.45, 2.75) is 19.8 Å². The van der Waals surface area contributed by atoms with Crippen molar-refractivity contribution in [3.05, 3.63) is 53.7 Å². The first-order valence-electron chi connectivity index (χ1n) is 8.09. The number of H-pyrrole nitrogens is 2. The van der Waals surface area contributed by atoms with Crippen molar-refractivity contribution in [1.82, 2.24) is 25.5 Å². The highest BCUT2D eigenvalue weighted by molar-refractivity contribution is 5.81. The molecule has 130 valence electrons. The molecule has 3 N–H and O–H groups in total. The van der Waals surface area contributed by atoms with Gasteiger partial charge in [0.1, 0.15) is 5.75 Å². The minimum absolute atomic E-state index is 0.0289. The molecule has 0 radical (unpaired) electrons. The van der Waals surface area contributed by atoms with Crippen molar-refractivity contribution < 1.29 is 9.53 Å². The Morgan fingerprint density at radius 1 is 1.28 bits per heavy atom. The van der Waals surface area contributed by atoms with Gasteiger partial charge in [-0.25, -0.2) is 4.98 Å². The number of hydrogen-bond donors (Lipinski definition) is 3. The van der Waals surface area contributed by atoms with Crippen LogP contribution in [0.25, 0.3) is 11.3 Å². The van der Waals surface area contributed by atoms with Crippen LogP contribution in [0.1, 0.15) is 17.0 Å². The van der Waals surface area contributed by atoms with E-state index in [0.29, 0.717) is 6.54 Å². The van der Waals surface area contributed by atoms with Crippen LogP contribution in [-0.2, 0) is 17.6 Å². The molecule has 1 amide bonds. The fourth-order valence-electron chi connectivity index (χ4n) is 2.64. The quantitative estimate of drug-likeness (QED) is 0.613. The Labute approximate surface area is 145 Å². The maximum atomic E-state index is 12.3. The predicted molar refractivity (Wildman–Crippen MR) is 94.3 cm³/mol. The number of methoxy groups -OCH3 is 1. The number of amides is 1. The molecule has 0 fully saturated rings. The zero-order valence-electron chi connectivity index (χ0n) is 14.3. The summed E-state index contributed by atoms with van der Waals surface area (Å²) in [6.45, 7) is 2.49. The number of carbonyl (C=O) groups excluding carboxylic acids is 1. The second-order valence-electron chi connectivity index (χ2n) is 5.76. The first-order chi connectivity index (χ1) is 12.2. The first-order valence-corrected chi connectivity index (χ1v) is 8.09. The van der Waals surface area contributed by atoms with E-state index in [1.807, 2.05) is 31.2 Å². The molecule has 2 aromatic heterocycles. The van der Waals surface area contributed by atoms with Crippen LogP contribution in [0.3, 0.4) is 0 Å². The van der Waals surface area contributed by atoms with E-state index < -0.39 is 0 Å². The Kier molecular flexibility index (Phi) is 5.13. The number of rotatable bonds is 7. The number of ether oxygens (including phenoxy) is 1. The van der Waals surface area contributed by atoms with Gasteiger partial charge >= 0.3 is 0 Å². The molecule has 0 aliphatic rings. The Morgan fingerprint density at radius 3 is 2.76 bits per heavy atom. The van der Waals surface area contributed by atoms with Crippen LogP contribution in [-0.4, -0.2) is 39.7 Å². The second-order valence-corrected chi connectivity index (χ2v) is 5.76. The van der Waals surface area contributed by atoms with Gasteiger partial charge < -0.3 is 15.0 Å². The lowest BCUT2D eigenvalue weighted by atomic mass is 10.0. The molecule has 0 saturated carbocycles. The van der Waals surface area contributed by atoms with Crippen molar-refractivity contribution in [2.24, 2.45) is 0 Å². The van der Waals surface area contributed by atoms with E-state index in [2.05, 4.69) is 25.5 Å². The third-order valence-corrected chi connectivity index (χ3v) is 4.05. The summed E-state index contributed by atoms with van der Waals surface area (Å²) in [6, 6.07) is 7.64. The Bertz CT molecular complexity index is 822. The van der Waals surface area contributed by atoms with E-state index in [1.165, 1.54) is 0 Å². The van der Waals surface area contributed by atoms with Gasteiger partial charge in [-0.15, -0.1) is 0 Å². The number of aryl methyl sites for hydroxylation is 1. The Morgan fingerprint density at radius 2 is 2.08 bits per heavy atom. The van der Waals surface area contributed by atoms with Crippen molar-refractivity contribution in [3.8, 4) is 17.0 Å². The molecule has 1 aromatic carbocycles. The van der Waals surface area contributed by atoms with Crippen LogP contribution in [0.15, 0.2) is 36.8 Å². The first kappa shape index (κ1) is 16.8. The number of aromatic nitrogens is 4. The third-order valence-electron chi connectivity index (χ3n) is 4.05. The zero-order chi connectivity index (χ0) is 17.6. The number of aromatic amines is 2. The van der Waals surface area contributed by atoms with E-state index >= 15 is 0 Å². The number of nitrogens with one attached hydrogen (secondary N) is 3. The molecule has 3 rings (SSSR count). The van der Waals surface area contributed by atoms with Gasteiger partial charge in [0, 0.05) is 41.7 Å². The summed E-state index contributed by atoms with van der Waals surface area (Å²) in [5, 5.41) is 10.3. The number of hydrogen-bond acceptors (Lipinski definition) is 4. The summed E-state index contributed by atoms with van der Waals surface area (Å²) in [4.78, 5) is 19.3. The van der Waals surface area contributed by atoms with Crippen molar-refractivity contribution in [1.29, 1.82) is 0 Å². The molecule has 3 aromatic rings. The molecule has 7 heteroatoms. The van der Waals surface area contributed by atoms with Crippen LogP contribution in [0.2, 0.25) is 0 Å². The van der Waals surface area contributed by atoms with Gasteiger partial charge in [0.2, 0.25) is 5.91 Å². The second kappa shape index (κ2) is 7.65. The van der Waals surface area contributed by atoms with Gasteiger partial charge in [0.25, 0.3) is 0 Å². The third kappa shape index (κ3) is 4.06. The molecule has 0 spiro atoms. The van der Waals surface area contributed by atoms with E-state index in [4.69, 9.17) is 4.74 Å². The normalized spacial score (nSPS) is 10.6. The maximum Gasteiger partial charge on any atom is 0.224 e. The monoisotopic (exact) mass is 339 g/mol. The summed E-state index contributed by atoms with van der Waals surface area (Å²) in [5.74, 6) is 0.757. The standard InChI is InChI=1S/C18H21N5O2/c1-12-16(9-17(24)20-8-7-14-10-19-11-21-14)18(23-22-12)13-3-5-15(25-2)6-4-13/h3-6,10-11H,7-9H2,1-2H3,(H,19,21)(H,20,24)(H,22,23). The molecule has 2 heterocycles. The summed E-state index contributed by atoms with van der Waals surface area (Å²) < 4.78 is 5.18. The lowest BCUT2D eigenvalue weighted by Crippen LogP contribution is -2.27. The molecule has 0 saturated heterocycles. The smallest absolute Gasteiger partial charge is 0.224 e. The number of carbonyl (C=O) groups is 1. The lowest BCUT2D eigenvalue weighted by Gasteiger charge is -2.07. The Hall–Kier alpha value is -3.09. The highest BCUT2D eigenvalue weighted by atomic mass is 16.5. The van der Waals surface area contributed by atoms with Crippen LogP contribution >= 0.6 is 0 Å². The minimum atomic E-state index is -0.0289. The molecule has 0 aliphatic heterocycles. The summed E-state index contributed by atoms with van der Waals surface area (Å²) in [7, 11) is 1.63. The summed E-state index contributed by atoms with van der Waals surface area (Å²) in [6.07, 6.45) is 4.40. The fraction of sp³-hybridized carbons (Fsp3) is 0.278. The van der Waals surface area contributed by atoms with Gasteiger partial charge in [-0.05, 0) is 31.2 Å². The SMILES string of the molecule is COc1ccc(-c2n[nH]c(C)c2CC(=O)NCCc2cnc[nH]2)cc1. The van der Waals surface area contributed by atoms with Crippen LogP contribution in [0, 0.1) is 6.92 Å². The van der Waals surface area contributed by atoms with E-state index in [9.17, 15) is 4.79 Å². The van der Waals surface area contributed by atoms with Crippen LogP contribution in [0.4, 0.5) is 0 Å². The highest BCUT2D eigenvalue weighted by Crippen LogP contribution is 2.26. The predicted octanol–water partition coefficient (Wildman–Crippen LogP) is 2.02. The van der Waals surface area contributed by atoms with Gasteiger partial charge in [0.05, 0.1) is 25.6 Å². The van der Waals surface area contributed by atoms with Gasteiger partial charge in [-0.3, -0.25) is 9.89 Å². The number of benzene rings is 1. The molecular weight excluding hydrogens is 318 g/mol. The van der Waals surface area contributed by atoms with Crippen molar-refractivity contribution >= 4 is 5.91 Å². The number of nitrogens with zero attached hydrogens (tertiary/aromatic N) is 2. The summed E-state index contributed by atoms with van der Waals surface area (Å²) in [5.41, 5.74) is 4.55. The molecular formula is C18H21N5O2. The zero-order valence-corrected chi connectivity index (χ0v) is 14.3. The van der Waals surface area contributed by atoms with Crippen LogP contribution < -0.4 is 10.1 Å². The van der Waals surface area contributed by atoms with E-state index in [-0.39, 0.29) is 12.3 Å². The average Bonchev–Trinajstić information content (AvgIpc) is 3.26. The van der Waals surface area contributed by atoms with E-state index in [0.717, 1.165) is 40.4 Å². The lowest BCUT2D eigenvalue weighted by molar-refractivity contribution is -0.120. The van der Waals surface area contributed by atoms with Gasteiger partial charge in [-0.2, -0.15) is 5.10 Å². The molecule has 25 heavy (non-hydrogen) atoms. The average molecular weight is 339 g/mol. The largest absolute Gasteiger partial charge is 0.497 e. The van der Waals surface area contributed by atoms with E-state index in [1.54, 1.807) is 19.6 Å². The molecule has 7 nitrogen and oxygen atoms in total. The molecule has 0 bridgehead atoms. The highest BCUT2D eigenvalue weighted by Gasteiger charge is 2.15. The fourth-order valence-corrected chi connectivity index (χ4v) is 2.64. The van der Waals surface area contributed by atoms with Crippen LogP contribution in [0.5, 0.6) is 5.75 Å². The Balaban J connectivity index is 1.65.